The molecular weight excluding hydrogens is 583 g/mol. The average Bonchev–Trinajstić information content (AvgIpc) is 3.29. The Balaban J connectivity index is 1.50. The van der Waals surface area contributed by atoms with Gasteiger partial charge in [0.05, 0.1) is 29.3 Å². The van der Waals surface area contributed by atoms with E-state index in [4.69, 9.17) is 5.73 Å². The molecule has 0 aliphatic carbocycles. The minimum absolute atomic E-state index is 0.0965. The normalized spacial score (nSPS) is 18.4. The molecular formula is C35H39BF2N5OSi. The Morgan fingerprint density at radius 2 is 1.76 bits per heavy atom. The van der Waals surface area contributed by atoms with E-state index in [0.717, 1.165) is 24.5 Å². The van der Waals surface area contributed by atoms with Crippen molar-refractivity contribution in [3.8, 4) is 22.7 Å². The lowest BCUT2D eigenvalue weighted by Gasteiger charge is -2.49. The van der Waals surface area contributed by atoms with E-state index in [9.17, 15) is 4.79 Å². The number of nitrogens with two attached hydrogens (primary N) is 1. The van der Waals surface area contributed by atoms with Crippen LogP contribution in [-0.4, -0.2) is 61.6 Å². The number of pyridine rings is 2. The van der Waals surface area contributed by atoms with Crippen molar-refractivity contribution in [2.24, 2.45) is 0 Å². The summed E-state index contributed by atoms with van der Waals surface area (Å²) in [7, 11) is -0.581. The van der Waals surface area contributed by atoms with Crippen LogP contribution >= 0.6 is 0 Å². The van der Waals surface area contributed by atoms with Crippen LogP contribution in [0.1, 0.15) is 53.5 Å². The fraction of sp³-hybridized carbons (Fsp3) is 0.400. The van der Waals surface area contributed by atoms with Crippen LogP contribution in [0.25, 0.3) is 32.9 Å². The van der Waals surface area contributed by atoms with E-state index in [1.807, 2.05) is 12.1 Å². The molecule has 10 heteroatoms. The number of fused-ring (bicyclic) bond motifs is 3. The second-order valence-corrected chi connectivity index (χ2v) is 18.9. The Bertz CT molecular complexity index is 1850. The zero-order chi connectivity index (χ0) is 32.2. The summed E-state index contributed by atoms with van der Waals surface area (Å²) >= 11 is 0. The summed E-state index contributed by atoms with van der Waals surface area (Å²) in [5.41, 5.74) is 13.4. The molecule has 45 heavy (non-hydrogen) atoms. The highest BCUT2D eigenvalue weighted by Gasteiger charge is 2.47. The standard InChI is InChI=1S/C35H39BF2N5OSi/c1-20(2)45(21(3)4,22(5)6)15-13-24-27(37)11-10-23-8-7-9-25(31(23)24)33-32(38)34-26(16-40-33)35(28(39)17-41-34)42-18-30-29(42)12-14-43(30)36-19-44/h7-11,16-17,19-22,29-30H,12,14,18,39H2,1-6H3/t29-,30-/m1/s1. The van der Waals surface area contributed by atoms with Crippen LogP contribution in [0.15, 0.2) is 42.7 Å². The summed E-state index contributed by atoms with van der Waals surface area (Å²) in [6, 6.07) is 9.03. The van der Waals surface area contributed by atoms with Gasteiger partial charge in [-0.2, -0.15) is 0 Å². The van der Waals surface area contributed by atoms with Crippen molar-refractivity contribution in [3.63, 3.8) is 0 Å². The van der Waals surface area contributed by atoms with Gasteiger partial charge in [-0.15, -0.1) is 5.54 Å². The first-order valence-corrected chi connectivity index (χ1v) is 18.0. The third kappa shape index (κ3) is 4.92. The summed E-state index contributed by atoms with van der Waals surface area (Å²) in [6.07, 6.45) is 4.80. The van der Waals surface area contributed by atoms with Crippen LogP contribution in [0.3, 0.4) is 0 Å². The largest absolute Gasteiger partial charge is 0.396 e. The van der Waals surface area contributed by atoms with Gasteiger partial charge in [0.1, 0.15) is 25.1 Å². The van der Waals surface area contributed by atoms with Gasteiger partial charge in [-0.3, -0.25) is 9.97 Å². The van der Waals surface area contributed by atoms with Crippen LogP contribution in [0.5, 0.6) is 0 Å². The minimum atomic E-state index is -2.17. The number of hydrogen-bond donors (Lipinski definition) is 1. The van der Waals surface area contributed by atoms with Gasteiger partial charge >= 0.3 is 0 Å². The lowest BCUT2D eigenvalue weighted by molar-refractivity contribution is 0.308. The van der Waals surface area contributed by atoms with Gasteiger partial charge in [0, 0.05) is 41.2 Å². The van der Waals surface area contributed by atoms with Crippen molar-refractivity contribution >= 4 is 54.7 Å². The monoisotopic (exact) mass is 622 g/mol. The first-order valence-electron chi connectivity index (χ1n) is 15.8. The fourth-order valence-corrected chi connectivity index (χ4v) is 13.3. The SMILES string of the molecule is CC(C)[Si](C#Cc1c(F)ccc2cccc(-c3ncc4c(N5C[C@@H]6[C@H]5CCN6[B]C=O)c(N)cnc4c3F)c12)(C(C)C)C(C)C. The molecule has 2 aromatic heterocycles. The average molecular weight is 623 g/mol. The molecule has 2 aliphatic rings. The number of carbonyl (C=O) groups excluding carboxylic acids is 1. The predicted molar refractivity (Wildman–Crippen MR) is 183 cm³/mol. The summed E-state index contributed by atoms with van der Waals surface area (Å²) in [5.74, 6) is 2.29. The first-order chi connectivity index (χ1) is 21.5. The quantitative estimate of drug-likeness (QED) is 0.137. The highest BCUT2D eigenvalue weighted by atomic mass is 28.3. The molecule has 2 N–H and O–H groups in total. The van der Waals surface area contributed by atoms with E-state index in [2.05, 4.69) is 72.7 Å². The number of hydrogen-bond acceptors (Lipinski definition) is 6. The summed E-state index contributed by atoms with van der Waals surface area (Å²) in [5, 5.41) is 1.84. The second-order valence-electron chi connectivity index (χ2n) is 13.3. The molecule has 4 heterocycles. The van der Waals surface area contributed by atoms with Gasteiger partial charge in [-0.25, -0.2) is 8.78 Å². The number of nitrogens with zero attached hydrogens (tertiary/aromatic N) is 4. The van der Waals surface area contributed by atoms with Crippen molar-refractivity contribution in [1.82, 2.24) is 14.8 Å². The second kappa shape index (κ2) is 11.8. The Hall–Kier alpha value is -3.81. The van der Waals surface area contributed by atoms with Gasteiger partial charge in [0.2, 0.25) is 0 Å². The number of benzene rings is 2. The molecule has 2 atom stereocenters. The number of aromatic nitrogens is 2. The highest BCUT2D eigenvalue weighted by molar-refractivity contribution is 6.90. The van der Waals surface area contributed by atoms with Gasteiger partial charge < -0.3 is 20.2 Å². The van der Waals surface area contributed by atoms with E-state index < -0.39 is 19.7 Å². The highest BCUT2D eigenvalue weighted by Crippen LogP contribution is 2.44. The molecule has 0 saturated carbocycles. The molecule has 0 amide bonds. The van der Waals surface area contributed by atoms with Crippen LogP contribution in [0.4, 0.5) is 20.2 Å². The fourth-order valence-electron chi connectivity index (χ4n) is 8.08. The van der Waals surface area contributed by atoms with Crippen molar-refractivity contribution in [2.45, 2.75) is 76.7 Å². The number of nitrogen functional groups attached to an aromatic ring is 1. The number of anilines is 2. The summed E-state index contributed by atoms with van der Waals surface area (Å²) in [6.45, 7) is 14.8. The van der Waals surface area contributed by atoms with Gasteiger partial charge in [0.25, 0.3) is 7.41 Å². The molecule has 4 aromatic rings. The minimum Gasteiger partial charge on any atom is -0.396 e. The van der Waals surface area contributed by atoms with Crippen molar-refractivity contribution in [1.29, 1.82) is 0 Å². The smallest absolute Gasteiger partial charge is 0.293 e. The molecule has 0 unspecified atom stereocenters. The summed E-state index contributed by atoms with van der Waals surface area (Å²) < 4.78 is 32.3. The predicted octanol–water partition coefficient (Wildman–Crippen LogP) is 6.95. The lowest BCUT2D eigenvalue weighted by atomic mass is 9.88. The molecule has 0 spiro atoms. The maximum absolute atomic E-state index is 16.6. The molecule has 2 aliphatic heterocycles. The van der Waals surface area contributed by atoms with E-state index in [0.29, 0.717) is 50.9 Å². The number of halogens is 2. The molecule has 6 rings (SSSR count). The molecule has 0 bridgehead atoms. The molecule has 2 saturated heterocycles. The Kier molecular flexibility index (Phi) is 8.21. The van der Waals surface area contributed by atoms with Crippen molar-refractivity contribution in [2.75, 3.05) is 23.7 Å². The maximum Gasteiger partial charge on any atom is 0.293 e. The van der Waals surface area contributed by atoms with Gasteiger partial charge in [-0.1, -0.05) is 71.7 Å². The molecule has 2 aromatic carbocycles. The first kappa shape index (κ1) is 31.2. The van der Waals surface area contributed by atoms with Crippen LogP contribution < -0.4 is 10.6 Å². The van der Waals surface area contributed by atoms with Crippen LogP contribution in [0, 0.1) is 23.1 Å². The third-order valence-corrected chi connectivity index (χ3v) is 16.5. The van der Waals surface area contributed by atoms with Gasteiger partial charge in [-0.05, 0) is 41.0 Å². The van der Waals surface area contributed by atoms with Crippen LogP contribution in [0.2, 0.25) is 16.6 Å². The molecule has 231 valence electrons. The lowest BCUT2D eigenvalue weighted by Crippen LogP contribution is -2.62. The van der Waals surface area contributed by atoms with Gasteiger partial charge in [0.15, 0.2) is 5.82 Å². The van der Waals surface area contributed by atoms with E-state index >= 15 is 8.78 Å². The number of rotatable bonds is 7. The maximum atomic E-state index is 16.6. The zero-order valence-electron chi connectivity index (χ0n) is 26.7. The number of carbonyl (C=O) groups is 1. The van der Waals surface area contributed by atoms with E-state index in [1.165, 1.54) is 12.3 Å². The zero-order valence-corrected chi connectivity index (χ0v) is 27.7. The Morgan fingerprint density at radius 1 is 1.02 bits per heavy atom. The Morgan fingerprint density at radius 3 is 2.44 bits per heavy atom. The molecule has 6 nitrogen and oxygen atoms in total. The Labute approximate surface area is 265 Å². The molecule has 1 radical (unpaired) electrons. The van der Waals surface area contributed by atoms with Crippen molar-refractivity contribution < 1.29 is 13.6 Å². The van der Waals surface area contributed by atoms with Crippen LogP contribution in [-0.2, 0) is 4.79 Å². The molecule has 2 fully saturated rings. The van der Waals surface area contributed by atoms with E-state index in [1.54, 1.807) is 25.7 Å². The topological polar surface area (TPSA) is 75.4 Å². The summed E-state index contributed by atoms with van der Waals surface area (Å²) in [4.78, 5) is 24.4. The van der Waals surface area contributed by atoms with E-state index in [-0.39, 0.29) is 28.9 Å². The third-order valence-electron chi connectivity index (χ3n) is 10.3. The van der Waals surface area contributed by atoms with Crippen molar-refractivity contribution in [3.05, 3.63) is 59.9 Å².